The van der Waals surface area contributed by atoms with E-state index in [2.05, 4.69) is 6.58 Å². The fourth-order valence-electron chi connectivity index (χ4n) is 1.49. The maximum absolute atomic E-state index is 11.9. The molecule has 2 nitrogen and oxygen atoms in total. The number of allylic oxidation sites excluding steroid dienone is 1. The molecule has 0 spiro atoms. The average molecular weight is 230 g/mol. The van der Waals surface area contributed by atoms with Gasteiger partial charge in [0.25, 0.3) is 0 Å². The number of rotatable bonds is 4. The molecule has 0 aliphatic heterocycles. The molecule has 90 valence electrons. The number of carbonyl (C=O) groups is 1. The van der Waals surface area contributed by atoms with Crippen LogP contribution < -0.4 is 0 Å². The third kappa shape index (κ3) is 3.91. The number of carbonyl (C=O) groups excluding carboxylic acids is 1. The van der Waals surface area contributed by atoms with Gasteiger partial charge in [-0.3, -0.25) is 0 Å². The van der Waals surface area contributed by atoms with Gasteiger partial charge in [0.15, 0.2) is 0 Å². The first-order valence-electron chi connectivity index (χ1n) is 5.58. The number of esters is 1. The lowest BCUT2D eigenvalue weighted by Gasteiger charge is -2.21. The fourth-order valence-corrected chi connectivity index (χ4v) is 1.49. The van der Waals surface area contributed by atoms with Crippen molar-refractivity contribution in [2.75, 3.05) is 0 Å². The van der Waals surface area contributed by atoms with Crippen molar-refractivity contribution in [3.8, 4) is 0 Å². The maximum atomic E-state index is 11.9. The van der Waals surface area contributed by atoms with Crippen LogP contribution in [-0.4, -0.2) is 11.6 Å². The minimum atomic E-state index is -0.580. The summed E-state index contributed by atoms with van der Waals surface area (Å²) in [7, 11) is 0. The Bertz CT molecular complexity index is 425. The Hall–Kier alpha value is -1.83. The molecular weight excluding hydrogens is 212 g/mol. The van der Waals surface area contributed by atoms with Gasteiger partial charge in [0.05, 0.1) is 5.56 Å². The molecule has 0 bridgehead atoms. The van der Waals surface area contributed by atoms with Crippen molar-refractivity contribution in [3.05, 3.63) is 54.1 Å². The van der Waals surface area contributed by atoms with Gasteiger partial charge in [-0.15, -0.1) is 0 Å². The summed E-state index contributed by atoms with van der Waals surface area (Å²) in [4.78, 5) is 11.9. The first-order chi connectivity index (χ1) is 7.98. The van der Waals surface area contributed by atoms with Gasteiger partial charge in [0, 0.05) is 0 Å². The molecule has 1 rings (SSSR count). The molecule has 0 saturated carbocycles. The van der Waals surface area contributed by atoms with E-state index >= 15 is 0 Å². The molecule has 0 fully saturated rings. The lowest BCUT2D eigenvalue weighted by Crippen LogP contribution is -2.25. The van der Waals surface area contributed by atoms with E-state index in [1.807, 2.05) is 45.1 Å². The van der Waals surface area contributed by atoms with Crippen LogP contribution in [0.4, 0.5) is 0 Å². The Morgan fingerprint density at radius 2 is 1.88 bits per heavy atom. The van der Waals surface area contributed by atoms with E-state index in [1.165, 1.54) is 0 Å². The van der Waals surface area contributed by atoms with Gasteiger partial charge in [-0.1, -0.05) is 30.9 Å². The Balaban J connectivity index is 2.79. The Kier molecular flexibility index (Phi) is 4.27. The van der Waals surface area contributed by atoms with Gasteiger partial charge in [-0.05, 0) is 44.5 Å². The quantitative estimate of drug-likeness (QED) is 0.580. The normalized spacial score (nSPS) is 11.5. The standard InChI is InChI=1S/C15H18O2/c1-5-11-15(3,4)17-14(16)13-9-7-12(6-2)8-10-13/h5-11H,2H2,1,3-4H3/b11-5+. The summed E-state index contributed by atoms with van der Waals surface area (Å²) in [5.74, 6) is -0.316. The Morgan fingerprint density at radius 1 is 1.29 bits per heavy atom. The molecule has 0 aromatic heterocycles. The van der Waals surface area contributed by atoms with Crippen molar-refractivity contribution >= 4 is 12.0 Å². The molecule has 0 saturated heterocycles. The second kappa shape index (κ2) is 5.48. The monoisotopic (exact) mass is 230 g/mol. The fraction of sp³-hybridized carbons (Fsp3) is 0.267. The smallest absolute Gasteiger partial charge is 0.338 e. The highest BCUT2D eigenvalue weighted by molar-refractivity contribution is 5.90. The van der Waals surface area contributed by atoms with E-state index in [0.717, 1.165) is 5.56 Å². The highest BCUT2D eigenvalue weighted by Gasteiger charge is 2.19. The first-order valence-corrected chi connectivity index (χ1v) is 5.58. The van der Waals surface area contributed by atoms with Crippen LogP contribution in [0.2, 0.25) is 0 Å². The average Bonchev–Trinajstić information content (AvgIpc) is 2.28. The summed E-state index contributed by atoms with van der Waals surface area (Å²) in [6.07, 6.45) is 5.45. The van der Waals surface area contributed by atoms with Crippen molar-refractivity contribution in [3.63, 3.8) is 0 Å². The molecule has 17 heavy (non-hydrogen) atoms. The molecule has 0 unspecified atom stereocenters. The largest absolute Gasteiger partial charge is 0.452 e. The molecule has 1 aromatic carbocycles. The van der Waals surface area contributed by atoms with Crippen LogP contribution in [0.25, 0.3) is 6.08 Å². The lowest BCUT2D eigenvalue weighted by molar-refractivity contribution is 0.0173. The molecule has 0 heterocycles. The van der Waals surface area contributed by atoms with Crippen LogP contribution in [-0.2, 0) is 4.74 Å². The van der Waals surface area contributed by atoms with E-state index in [1.54, 1.807) is 18.2 Å². The molecule has 0 atom stereocenters. The molecule has 1 aromatic rings. The van der Waals surface area contributed by atoms with Crippen molar-refractivity contribution in [1.29, 1.82) is 0 Å². The number of ether oxygens (including phenoxy) is 1. The Morgan fingerprint density at radius 3 is 2.35 bits per heavy atom. The molecule has 0 radical (unpaired) electrons. The van der Waals surface area contributed by atoms with Crippen LogP contribution >= 0.6 is 0 Å². The van der Waals surface area contributed by atoms with E-state index in [4.69, 9.17) is 4.74 Å². The zero-order valence-electron chi connectivity index (χ0n) is 10.6. The molecule has 0 N–H and O–H groups in total. The highest BCUT2D eigenvalue weighted by atomic mass is 16.6. The second-order valence-corrected chi connectivity index (χ2v) is 4.32. The molecule has 2 heteroatoms. The van der Waals surface area contributed by atoms with Crippen LogP contribution in [0.15, 0.2) is 43.0 Å². The van der Waals surface area contributed by atoms with Gasteiger partial charge >= 0.3 is 5.97 Å². The zero-order chi connectivity index (χ0) is 12.9. The van der Waals surface area contributed by atoms with Gasteiger partial charge in [-0.2, -0.15) is 0 Å². The van der Waals surface area contributed by atoms with Crippen LogP contribution in [0, 0.1) is 0 Å². The second-order valence-electron chi connectivity index (χ2n) is 4.32. The summed E-state index contributed by atoms with van der Waals surface area (Å²) in [5, 5.41) is 0. The van der Waals surface area contributed by atoms with Gasteiger partial charge < -0.3 is 4.74 Å². The van der Waals surface area contributed by atoms with Gasteiger partial charge in [0.2, 0.25) is 0 Å². The van der Waals surface area contributed by atoms with Crippen molar-refractivity contribution in [2.24, 2.45) is 0 Å². The summed E-state index contributed by atoms with van der Waals surface area (Å²) < 4.78 is 5.39. The number of hydrogen-bond acceptors (Lipinski definition) is 2. The lowest BCUT2D eigenvalue weighted by atomic mass is 10.1. The molecule has 0 aliphatic rings. The molecular formula is C15H18O2. The summed E-state index contributed by atoms with van der Waals surface area (Å²) in [6.45, 7) is 9.26. The molecule has 0 aliphatic carbocycles. The summed E-state index contributed by atoms with van der Waals surface area (Å²) in [6, 6.07) is 7.16. The van der Waals surface area contributed by atoms with E-state index < -0.39 is 5.60 Å². The van der Waals surface area contributed by atoms with Gasteiger partial charge in [0.1, 0.15) is 5.60 Å². The third-order valence-electron chi connectivity index (χ3n) is 2.31. The molecule has 0 amide bonds. The summed E-state index contributed by atoms with van der Waals surface area (Å²) >= 11 is 0. The Labute approximate surface area is 103 Å². The minimum Gasteiger partial charge on any atom is -0.452 e. The number of hydrogen-bond donors (Lipinski definition) is 0. The first kappa shape index (κ1) is 13.2. The predicted molar refractivity (Wildman–Crippen MR) is 70.8 cm³/mol. The predicted octanol–water partition coefficient (Wildman–Crippen LogP) is 3.84. The van der Waals surface area contributed by atoms with Crippen LogP contribution in [0.3, 0.4) is 0 Å². The summed E-state index contributed by atoms with van der Waals surface area (Å²) in [5.41, 5.74) is 0.950. The minimum absolute atomic E-state index is 0.316. The third-order valence-corrected chi connectivity index (χ3v) is 2.31. The zero-order valence-corrected chi connectivity index (χ0v) is 10.6. The van der Waals surface area contributed by atoms with E-state index in [9.17, 15) is 4.79 Å². The van der Waals surface area contributed by atoms with Crippen molar-refractivity contribution in [1.82, 2.24) is 0 Å². The van der Waals surface area contributed by atoms with Crippen molar-refractivity contribution in [2.45, 2.75) is 26.4 Å². The van der Waals surface area contributed by atoms with Crippen LogP contribution in [0.5, 0.6) is 0 Å². The topological polar surface area (TPSA) is 26.3 Å². The van der Waals surface area contributed by atoms with E-state index in [-0.39, 0.29) is 5.97 Å². The highest BCUT2D eigenvalue weighted by Crippen LogP contribution is 2.15. The number of benzene rings is 1. The maximum Gasteiger partial charge on any atom is 0.338 e. The van der Waals surface area contributed by atoms with Crippen LogP contribution in [0.1, 0.15) is 36.7 Å². The SMILES string of the molecule is C=Cc1ccc(C(=O)OC(C)(C)/C=C/C)cc1. The van der Waals surface area contributed by atoms with E-state index in [0.29, 0.717) is 5.56 Å². The van der Waals surface area contributed by atoms with Gasteiger partial charge in [-0.25, -0.2) is 4.79 Å². The van der Waals surface area contributed by atoms with Crippen molar-refractivity contribution < 1.29 is 9.53 Å².